The van der Waals surface area contributed by atoms with Crippen LogP contribution in [0.3, 0.4) is 0 Å². The van der Waals surface area contributed by atoms with E-state index in [0.29, 0.717) is 6.42 Å². The van der Waals surface area contributed by atoms with Crippen LogP contribution in [0.1, 0.15) is 20.3 Å². The van der Waals surface area contributed by atoms with Crippen LogP contribution in [0.25, 0.3) is 0 Å². The van der Waals surface area contributed by atoms with E-state index in [9.17, 15) is 22.0 Å². The van der Waals surface area contributed by atoms with E-state index in [4.69, 9.17) is 4.74 Å². The molecule has 1 N–H and O–H groups in total. The summed E-state index contributed by atoms with van der Waals surface area (Å²) in [5, 5.41) is 2.40. The second-order valence-corrected chi connectivity index (χ2v) is 5.42. The Morgan fingerprint density at radius 2 is 1.40 bits per heavy atom. The number of hydrogen-bond acceptors (Lipinski definition) is 2. The highest BCUT2D eigenvalue weighted by Crippen LogP contribution is 2.44. The molecule has 1 fully saturated rings. The fraction of sp³-hybridized carbons (Fsp3) is 0.538. The standard InChI is InChI=1S/C13H14F5NO/c1-13(2)5(4-6(13)20-3)19-12-10(17)8(15)7(14)9(16)11(12)18/h5-6,19H,4H2,1-3H3. The van der Waals surface area contributed by atoms with Crippen molar-refractivity contribution in [2.45, 2.75) is 32.4 Å². The van der Waals surface area contributed by atoms with Gasteiger partial charge < -0.3 is 10.1 Å². The van der Waals surface area contributed by atoms with E-state index < -0.39 is 46.2 Å². The molecule has 2 atom stereocenters. The highest BCUT2D eigenvalue weighted by molar-refractivity contribution is 5.49. The predicted molar refractivity (Wildman–Crippen MR) is 62.8 cm³/mol. The molecule has 0 heterocycles. The van der Waals surface area contributed by atoms with Crippen LogP contribution >= 0.6 is 0 Å². The van der Waals surface area contributed by atoms with E-state index >= 15 is 0 Å². The highest BCUT2D eigenvalue weighted by atomic mass is 19.2. The molecule has 1 aliphatic carbocycles. The fourth-order valence-corrected chi connectivity index (χ4v) is 2.44. The molecule has 2 unspecified atom stereocenters. The molecule has 1 aromatic rings. The second kappa shape index (κ2) is 4.87. The number of halogens is 5. The minimum atomic E-state index is -2.16. The van der Waals surface area contributed by atoms with Crippen molar-refractivity contribution in [3.63, 3.8) is 0 Å². The van der Waals surface area contributed by atoms with Crippen molar-refractivity contribution in [2.75, 3.05) is 12.4 Å². The molecule has 1 aromatic carbocycles. The zero-order valence-electron chi connectivity index (χ0n) is 11.2. The number of hydrogen-bond donors (Lipinski definition) is 1. The Hall–Kier alpha value is -1.37. The normalized spacial score (nSPS) is 24.4. The van der Waals surface area contributed by atoms with Gasteiger partial charge in [0.05, 0.1) is 6.10 Å². The van der Waals surface area contributed by atoms with Crippen molar-refractivity contribution in [1.29, 1.82) is 0 Å². The van der Waals surface area contributed by atoms with Gasteiger partial charge in [-0.3, -0.25) is 0 Å². The minimum Gasteiger partial charge on any atom is -0.381 e. The second-order valence-electron chi connectivity index (χ2n) is 5.42. The summed E-state index contributed by atoms with van der Waals surface area (Å²) in [5.74, 6) is -9.76. The zero-order valence-corrected chi connectivity index (χ0v) is 11.2. The molecule has 1 saturated carbocycles. The number of nitrogens with one attached hydrogen (secondary N) is 1. The van der Waals surface area contributed by atoms with Gasteiger partial charge in [-0.2, -0.15) is 0 Å². The Morgan fingerprint density at radius 3 is 1.80 bits per heavy atom. The summed E-state index contributed by atoms with van der Waals surface area (Å²) < 4.78 is 71.3. The third-order valence-corrected chi connectivity index (χ3v) is 3.99. The minimum absolute atomic E-state index is 0.138. The van der Waals surface area contributed by atoms with E-state index in [0.717, 1.165) is 0 Å². The molecule has 1 aliphatic rings. The van der Waals surface area contributed by atoms with Crippen LogP contribution in [-0.4, -0.2) is 19.3 Å². The lowest BCUT2D eigenvalue weighted by molar-refractivity contribution is -0.0796. The first-order valence-corrected chi connectivity index (χ1v) is 6.02. The van der Waals surface area contributed by atoms with Crippen LogP contribution in [0, 0.1) is 34.5 Å². The maximum absolute atomic E-state index is 13.5. The molecule has 0 aliphatic heterocycles. The maximum Gasteiger partial charge on any atom is 0.200 e. The molecule has 0 bridgehead atoms. The molecule has 112 valence electrons. The van der Waals surface area contributed by atoms with E-state index in [2.05, 4.69) is 5.32 Å². The summed E-state index contributed by atoms with van der Waals surface area (Å²) in [6.07, 6.45) is 0.282. The van der Waals surface area contributed by atoms with E-state index in [1.54, 1.807) is 13.8 Å². The molecule has 0 spiro atoms. The number of anilines is 1. The van der Waals surface area contributed by atoms with Gasteiger partial charge in [-0.05, 0) is 6.42 Å². The summed E-state index contributed by atoms with van der Waals surface area (Å²) >= 11 is 0. The third-order valence-electron chi connectivity index (χ3n) is 3.99. The first-order valence-electron chi connectivity index (χ1n) is 6.02. The van der Waals surface area contributed by atoms with Gasteiger partial charge in [0.2, 0.25) is 5.82 Å². The number of benzene rings is 1. The molecule has 0 amide bonds. The van der Waals surface area contributed by atoms with E-state index in [1.807, 2.05) is 0 Å². The van der Waals surface area contributed by atoms with Crippen molar-refractivity contribution in [3.05, 3.63) is 29.1 Å². The average Bonchev–Trinajstić information content (AvgIpc) is 2.41. The van der Waals surface area contributed by atoms with Gasteiger partial charge in [0, 0.05) is 18.6 Å². The first kappa shape index (κ1) is 15.0. The summed E-state index contributed by atoms with van der Waals surface area (Å²) in [4.78, 5) is 0. The SMILES string of the molecule is COC1CC(Nc2c(F)c(F)c(F)c(F)c2F)C1(C)C. The Bertz CT molecular complexity index is 517. The van der Waals surface area contributed by atoms with Crippen LogP contribution in [0.15, 0.2) is 0 Å². The lowest BCUT2D eigenvalue weighted by Gasteiger charge is -2.51. The Kier molecular flexibility index (Phi) is 3.66. The summed E-state index contributed by atoms with van der Waals surface area (Å²) in [6.45, 7) is 3.57. The van der Waals surface area contributed by atoms with Crippen molar-refractivity contribution >= 4 is 5.69 Å². The van der Waals surface area contributed by atoms with Crippen molar-refractivity contribution in [2.24, 2.45) is 5.41 Å². The molecule has 20 heavy (non-hydrogen) atoms. The van der Waals surface area contributed by atoms with Crippen LogP contribution in [-0.2, 0) is 4.74 Å². The highest BCUT2D eigenvalue weighted by Gasteiger charge is 2.49. The lowest BCUT2D eigenvalue weighted by atomic mass is 9.64. The van der Waals surface area contributed by atoms with E-state index in [-0.39, 0.29) is 6.10 Å². The Labute approximate surface area is 112 Å². The van der Waals surface area contributed by atoms with Gasteiger partial charge in [-0.1, -0.05) is 13.8 Å². The van der Waals surface area contributed by atoms with Crippen LogP contribution in [0.5, 0.6) is 0 Å². The lowest BCUT2D eigenvalue weighted by Crippen LogP contribution is -2.57. The third kappa shape index (κ3) is 2.04. The zero-order chi connectivity index (χ0) is 15.2. The molecule has 7 heteroatoms. The number of ether oxygens (including phenoxy) is 1. The maximum atomic E-state index is 13.5. The van der Waals surface area contributed by atoms with Crippen LogP contribution in [0.2, 0.25) is 0 Å². The number of methoxy groups -OCH3 is 1. The van der Waals surface area contributed by atoms with Crippen LogP contribution in [0.4, 0.5) is 27.6 Å². The molecule has 2 nitrogen and oxygen atoms in total. The molecule has 0 radical (unpaired) electrons. The molecule has 0 saturated heterocycles. The first-order chi connectivity index (χ1) is 9.21. The summed E-state index contributed by atoms with van der Waals surface area (Å²) in [7, 11) is 1.50. The van der Waals surface area contributed by atoms with Crippen molar-refractivity contribution < 1.29 is 26.7 Å². The largest absolute Gasteiger partial charge is 0.381 e. The monoisotopic (exact) mass is 295 g/mol. The van der Waals surface area contributed by atoms with Gasteiger partial charge in [0.1, 0.15) is 5.69 Å². The quantitative estimate of drug-likeness (QED) is 0.522. The van der Waals surface area contributed by atoms with Gasteiger partial charge in [0.15, 0.2) is 23.3 Å². The fourth-order valence-electron chi connectivity index (χ4n) is 2.44. The van der Waals surface area contributed by atoms with Gasteiger partial charge in [-0.25, -0.2) is 22.0 Å². The Balaban J connectivity index is 2.32. The van der Waals surface area contributed by atoms with Crippen molar-refractivity contribution in [1.82, 2.24) is 0 Å². The summed E-state index contributed by atoms with van der Waals surface area (Å²) in [6, 6.07) is -0.444. The van der Waals surface area contributed by atoms with Gasteiger partial charge >= 0.3 is 0 Å². The number of rotatable bonds is 3. The molecular formula is C13H14F5NO. The van der Waals surface area contributed by atoms with Crippen LogP contribution < -0.4 is 5.32 Å². The topological polar surface area (TPSA) is 21.3 Å². The average molecular weight is 295 g/mol. The van der Waals surface area contributed by atoms with Gasteiger partial charge in [0.25, 0.3) is 0 Å². The smallest absolute Gasteiger partial charge is 0.200 e. The Morgan fingerprint density at radius 1 is 0.950 bits per heavy atom. The molecular weight excluding hydrogens is 281 g/mol. The molecule has 2 rings (SSSR count). The summed E-state index contributed by atoms with van der Waals surface area (Å²) in [5.41, 5.74) is -1.47. The molecule has 0 aromatic heterocycles. The van der Waals surface area contributed by atoms with E-state index in [1.165, 1.54) is 7.11 Å². The van der Waals surface area contributed by atoms with Gasteiger partial charge in [-0.15, -0.1) is 0 Å². The van der Waals surface area contributed by atoms with Crippen molar-refractivity contribution in [3.8, 4) is 0 Å². The predicted octanol–water partition coefficient (Wildman–Crippen LogP) is 3.61.